The number of aromatic nitrogens is 4. The number of hydrogen-bond donors (Lipinski definition) is 1. The van der Waals surface area contributed by atoms with Gasteiger partial charge in [-0.2, -0.15) is 18.2 Å². The van der Waals surface area contributed by atoms with Crippen molar-refractivity contribution in [3.8, 4) is 5.88 Å². The van der Waals surface area contributed by atoms with E-state index in [9.17, 15) is 18.0 Å². The summed E-state index contributed by atoms with van der Waals surface area (Å²) in [4.78, 5) is 28.3. The Morgan fingerprint density at radius 3 is 2.66 bits per heavy atom. The van der Waals surface area contributed by atoms with E-state index in [1.807, 2.05) is 6.26 Å². The molecule has 0 aliphatic carbocycles. The van der Waals surface area contributed by atoms with E-state index in [2.05, 4.69) is 25.3 Å². The smallest absolute Gasteiger partial charge is 0.451 e. The predicted octanol–water partition coefficient (Wildman–Crippen LogP) is 3.04. The molecule has 3 heterocycles. The molecule has 0 radical (unpaired) electrons. The molecule has 11 heteroatoms. The quantitative estimate of drug-likeness (QED) is 0.428. The van der Waals surface area contributed by atoms with E-state index >= 15 is 0 Å². The number of halogens is 3. The molecule has 0 unspecified atom stereocenters. The number of Topliss-reactive ketones (excluding diaryl/α,β-unsaturated/α-hetero) is 1. The van der Waals surface area contributed by atoms with Crippen molar-refractivity contribution in [2.45, 2.75) is 37.0 Å². The number of carbonyl (C=O) groups is 1. The molecule has 0 atom stereocenters. The standard InChI is InChI=1S/C18H20F3N5O2S/c1-10-14(15(26-17(24-10)29-2)11-3-6-22-7-4-11)12(27)9-28-13-5-8-23-16(25-13)18(19,20)21/h5,8,11,22H,3-4,6-7,9H2,1-2H3. The zero-order valence-corrected chi connectivity index (χ0v) is 16.7. The van der Waals surface area contributed by atoms with E-state index in [1.165, 1.54) is 17.8 Å². The lowest BCUT2D eigenvalue weighted by Crippen LogP contribution is -2.29. The summed E-state index contributed by atoms with van der Waals surface area (Å²) in [7, 11) is 0. The minimum atomic E-state index is -4.69. The van der Waals surface area contributed by atoms with Gasteiger partial charge in [-0.15, -0.1) is 0 Å². The first kappa shape index (κ1) is 21.4. The summed E-state index contributed by atoms with van der Waals surface area (Å²) in [6, 6.07) is 1.18. The van der Waals surface area contributed by atoms with Gasteiger partial charge >= 0.3 is 6.18 Å². The van der Waals surface area contributed by atoms with Crippen LogP contribution in [0.2, 0.25) is 0 Å². The van der Waals surface area contributed by atoms with Crippen molar-refractivity contribution in [1.82, 2.24) is 25.3 Å². The number of aryl methyl sites for hydroxylation is 1. The SMILES string of the molecule is CSc1nc(C)c(C(=O)COc2ccnc(C(F)(F)F)n2)c(C2CCNCC2)n1. The van der Waals surface area contributed by atoms with Gasteiger partial charge in [0.15, 0.2) is 11.8 Å². The molecule has 0 aromatic carbocycles. The van der Waals surface area contributed by atoms with Crippen LogP contribution in [0.25, 0.3) is 0 Å². The Balaban J connectivity index is 1.83. The van der Waals surface area contributed by atoms with E-state index in [4.69, 9.17) is 4.74 Å². The summed E-state index contributed by atoms with van der Waals surface area (Å²) in [6.45, 7) is 2.92. The van der Waals surface area contributed by atoms with Gasteiger partial charge in [-0.05, 0) is 39.1 Å². The normalized spacial score (nSPS) is 15.3. The molecule has 0 saturated carbocycles. The summed E-state index contributed by atoms with van der Waals surface area (Å²) in [5.74, 6) is -1.92. The Bertz CT molecular complexity index is 888. The monoisotopic (exact) mass is 427 g/mol. The minimum Gasteiger partial charge on any atom is -0.469 e. The second-order valence-corrected chi connectivity index (χ2v) is 7.28. The van der Waals surface area contributed by atoms with Crippen LogP contribution in [0.4, 0.5) is 13.2 Å². The fourth-order valence-electron chi connectivity index (χ4n) is 3.17. The highest BCUT2D eigenvalue weighted by Crippen LogP contribution is 2.30. The number of rotatable bonds is 6. The van der Waals surface area contributed by atoms with Gasteiger partial charge in [-0.1, -0.05) is 11.8 Å². The van der Waals surface area contributed by atoms with Crippen molar-refractivity contribution in [2.75, 3.05) is 26.0 Å². The van der Waals surface area contributed by atoms with Gasteiger partial charge in [-0.3, -0.25) is 4.79 Å². The topological polar surface area (TPSA) is 89.9 Å². The number of thioether (sulfide) groups is 1. The molecule has 0 spiro atoms. The Labute approximate surface area is 169 Å². The first-order valence-corrected chi connectivity index (χ1v) is 10.2. The highest BCUT2D eigenvalue weighted by Gasteiger charge is 2.35. The summed E-state index contributed by atoms with van der Waals surface area (Å²) < 4.78 is 43.5. The molecule has 1 N–H and O–H groups in total. The van der Waals surface area contributed by atoms with Gasteiger partial charge < -0.3 is 10.1 Å². The summed E-state index contributed by atoms with van der Waals surface area (Å²) in [6.07, 6.45) is -0.210. The van der Waals surface area contributed by atoms with Crippen molar-refractivity contribution in [3.05, 3.63) is 35.0 Å². The van der Waals surface area contributed by atoms with Crippen molar-refractivity contribution >= 4 is 17.5 Å². The molecule has 7 nitrogen and oxygen atoms in total. The van der Waals surface area contributed by atoms with Gasteiger partial charge in [0.05, 0.1) is 17.0 Å². The van der Waals surface area contributed by atoms with E-state index in [0.717, 1.165) is 32.1 Å². The molecule has 1 aliphatic rings. The Hall–Kier alpha value is -2.27. The van der Waals surface area contributed by atoms with Crippen LogP contribution in [0, 0.1) is 6.92 Å². The highest BCUT2D eigenvalue weighted by molar-refractivity contribution is 7.98. The lowest BCUT2D eigenvalue weighted by molar-refractivity contribution is -0.145. The molecule has 2 aromatic heterocycles. The van der Waals surface area contributed by atoms with Crippen LogP contribution in [-0.4, -0.2) is 51.7 Å². The van der Waals surface area contributed by atoms with Gasteiger partial charge in [0.2, 0.25) is 17.5 Å². The predicted molar refractivity (Wildman–Crippen MR) is 100 cm³/mol. The van der Waals surface area contributed by atoms with Gasteiger partial charge in [0, 0.05) is 18.2 Å². The molecule has 1 aliphatic heterocycles. The van der Waals surface area contributed by atoms with Gasteiger partial charge in [-0.25, -0.2) is 15.0 Å². The summed E-state index contributed by atoms with van der Waals surface area (Å²) >= 11 is 1.39. The number of ether oxygens (including phenoxy) is 1. The number of carbonyl (C=O) groups excluding carboxylic acids is 1. The summed E-state index contributed by atoms with van der Waals surface area (Å²) in [5.41, 5.74) is 1.58. The molecule has 29 heavy (non-hydrogen) atoms. The lowest BCUT2D eigenvalue weighted by atomic mass is 9.89. The van der Waals surface area contributed by atoms with Crippen molar-refractivity contribution in [3.63, 3.8) is 0 Å². The maximum absolute atomic E-state index is 12.9. The highest BCUT2D eigenvalue weighted by atomic mass is 32.2. The number of piperidine rings is 1. The zero-order valence-electron chi connectivity index (χ0n) is 15.9. The second-order valence-electron chi connectivity index (χ2n) is 6.51. The van der Waals surface area contributed by atoms with E-state index in [-0.39, 0.29) is 11.8 Å². The van der Waals surface area contributed by atoms with E-state index < -0.39 is 24.4 Å². The van der Waals surface area contributed by atoms with Gasteiger partial charge in [0.1, 0.15) is 0 Å². The number of nitrogens with one attached hydrogen (secondary N) is 1. The fraction of sp³-hybridized carbons (Fsp3) is 0.500. The van der Waals surface area contributed by atoms with Crippen LogP contribution in [0.3, 0.4) is 0 Å². The molecule has 0 bridgehead atoms. The van der Waals surface area contributed by atoms with Crippen molar-refractivity contribution in [1.29, 1.82) is 0 Å². The Morgan fingerprint density at radius 2 is 2.00 bits per heavy atom. The first-order valence-electron chi connectivity index (χ1n) is 8.99. The third-order valence-corrected chi connectivity index (χ3v) is 5.07. The van der Waals surface area contributed by atoms with E-state index in [0.29, 0.717) is 22.1 Å². The third kappa shape index (κ3) is 5.21. The molecule has 156 valence electrons. The number of hydrogen-bond acceptors (Lipinski definition) is 8. The Morgan fingerprint density at radius 1 is 1.28 bits per heavy atom. The third-order valence-electron chi connectivity index (χ3n) is 4.52. The van der Waals surface area contributed by atoms with E-state index in [1.54, 1.807) is 6.92 Å². The molecular formula is C18H20F3N5O2S. The largest absolute Gasteiger partial charge is 0.469 e. The maximum Gasteiger partial charge on any atom is 0.451 e. The van der Waals surface area contributed by atoms with Crippen LogP contribution >= 0.6 is 11.8 Å². The van der Waals surface area contributed by atoms with Crippen LogP contribution < -0.4 is 10.1 Å². The van der Waals surface area contributed by atoms with Crippen LogP contribution in [0.5, 0.6) is 5.88 Å². The van der Waals surface area contributed by atoms with Crippen molar-refractivity contribution < 1.29 is 22.7 Å². The number of nitrogens with zero attached hydrogens (tertiary/aromatic N) is 4. The van der Waals surface area contributed by atoms with Crippen molar-refractivity contribution in [2.24, 2.45) is 0 Å². The number of ketones is 1. The minimum absolute atomic E-state index is 0.110. The second kappa shape index (κ2) is 9.04. The molecular weight excluding hydrogens is 407 g/mol. The zero-order chi connectivity index (χ0) is 21.0. The average molecular weight is 427 g/mol. The first-order chi connectivity index (χ1) is 13.8. The molecule has 1 fully saturated rings. The maximum atomic E-state index is 12.9. The number of alkyl halides is 3. The summed E-state index contributed by atoms with van der Waals surface area (Å²) in [5, 5.41) is 3.86. The molecule has 0 amide bonds. The van der Waals surface area contributed by atoms with Crippen LogP contribution in [0.15, 0.2) is 17.4 Å². The van der Waals surface area contributed by atoms with Crippen LogP contribution in [-0.2, 0) is 6.18 Å². The van der Waals surface area contributed by atoms with Crippen LogP contribution in [0.1, 0.15) is 46.3 Å². The van der Waals surface area contributed by atoms with Gasteiger partial charge in [0.25, 0.3) is 0 Å². The molecule has 2 aromatic rings. The fourth-order valence-corrected chi connectivity index (χ4v) is 3.58. The average Bonchev–Trinajstić information content (AvgIpc) is 2.71. The Kier molecular flexibility index (Phi) is 6.68. The lowest BCUT2D eigenvalue weighted by Gasteiger charge is -2.24. The molecule has 3 rings (SSSR count). The molecule has 1 saturated heterocycles.